The van der Waals surface area contributed by atoms with Crippen LogP contribution in [0.5, 0.6) is 0 Å². The summed E-state index contributed by atoms with van der Waals surface area (Å²) in [5, 5.41) is 4.25. The Morgan fingerprint density at radius 2 is 2.10 bits per heavy atom. The molecule has 106 valence electrons. The van der Waals surface area contributed by atoms with Crippen LogP contribution in [0.1, 0.15) is 23.7 Å². The third kappa shape index (κ3) is 3.39. The van der Waals surface area contributed by atoms with Gasteiger partial charge in [-0.05, 0) is 25.5 Å². The predicted molar refractivity (Wildman–Crippen MR) is 80.5 cm³/mol. The van der Waals surface area contributed by atoms with Crippen LogP contribution in [0.3, 0.4) is 0 Å². The summed E-state index contributed by atoms with van der Waals surface area (Å²) in [5.41, 5.74) is 1.54. The van der Waals surface area contributed by atoms with Gasteiger partial charge in [-0.15, -0.1) is 11.6 Å². The molecule has 5 heteroatoms. The summed E-state index contributed by atoms with van der Waals surface area (Å²) in [6, 6.07) is 9.73. The molecule has 0 aliphatic rings. The highest BCUT2D eigenvalue weighted by Gasteiger charge is 2.15. The van der Waals surface area contributed by atoms with Crippen molar-refractivity contribution in [3.63, 3.8) is 0 Å². The van der Waals surface area contributed by atoms with Crippen molar-refractivity contribution in [2.45, 2.75) is 13.3 Å². The van der Waals surface area contributed by atoms with Crippen molar-refractivity contribution >= 4 is 17.5 Å². The lowest BCUT2D eigenvalue weighted by Crippen LogP contribution is -2.31. The van der Waals surface area contributed by atoms with E-state index in [9.17, 15) is 4.79 Å². The van der Waals surface area contributed by atoms with Gasteiger partial charge in [0.05, 0.1) is 17.4 Å². The summed E-state index contributed by atoms with van der Waals surface area (Å²) < 4.78 is 1.71. The number of alkyl halides is 1. The zero-order chi connectivity index (χ0) is 14.4. The Labute approximate surface area is 124 Å². The number of benzene rings is 1. The molecule has 20 heavy (non-hydrogen) atoms. The molecule has 0 fully saturated rings. The molecule has 1 aromatic carbocycles. The fourth-order valence-corrected chi connectivity index (χ4v) is 2.11. The first-order valence-corrected chi connectivity index (χ1v) is 7.25. The number of halogens is 1. The van der Waals surface area contributed by atoms with Gasteiger partial charge in [-0.2, -0.15) is 5.10 Å². The van der Waals surface area contributed by atoms with Crippen molar-refractivity contribution < 1.29 is 4.79 Å². The Morgan fingerprint density at radius 3 is 2.75 bits per heavy atom. The van der Waals surface area contributed by atoms with Crippen LogP contribution in [0.15, 0.2) is 42.7 Å². The van der Waals surface area contributed by atoms with Gasteiger partial charge < -0.3 is 4.90 Å². The molecule has 1 amide bonds. The Morgan fingerprint density at radius 1 is 1.35 bits per heavy atom. The lowest BCUT2D eigenvalue weighted by molar-refractivity contribution is 0.0765. The second-order valence-corrected chi connectivity index (χ2v) is 4.81. The van der Waals surface area contributed by atoms with Crippen LogP contribution in [0.4, 0.5) is 0 Å². The molecule has 0 spiro atoms. The molecule has 0 aliphatic carbocycles. The molecule has 0 saturated heterocycles. The predicted octanol–water partition coefficient (Wildman–Crippen LogP) is 2.96. The number of hydrogen-bond acceptors (Lipinski definition) is 2. The minimum Gasteiger partial charge on any atom is -0.339 e. The van der Waals surface area contributed by atoms with Crippen LogP contribution in [-0.2, 0) is 0 Å². The van der Waals surface area contributed by atoms with Crippen molar-refractivity contribution in [3.05, 3.63) is 48.3 Å². The zero-order valence-corrected chi connectivity index (χ0v) is 12.3. The monoisotopic (exact) mass is 291 g/mol. The SMILES string of the molecule is CCN(CCCCl)C(=O)c1cnn(-c2ccccc2)c1. The molecule has 0 radical (unpaired) electrons. The van der Waals surface area contributed by atoms with E-state index in [1.54, 1.807) is 22.0 Å². The van der Waals surface area contributed by atoms with Gasteiger partial charge in [0.15, 0.2) is 0 Å². The maximum Gasteiger partial charge on any atom is 0.257 e. The van der Waals surface area contributed by atoms with E-state index >= 15 is 0 Å². The summed E-state index contributed by atoms with van der Waals surface area (Å²) in [6.07, 6.45) is 4.17. The second kappa shape index (κ2) is 7.10. The van der Waals surface area contributed by atoms with Crippen molar-refractivity contribution in [3.8, 4) is 5.69 Å². The molecule has 0 atom stereocenters. The maximum absolute atomic E-state index is 12.4. The fourth-order valence-electron chi connectivity index (χ4n) is 1.99. The molecule has 0 aliphatic heterocycles. The molecule has 2 aromatic rings. The fraction of sp³-hybridized carbons (Fsp3) is 0.333. The first-order chi connectivity index (χ1) is 9.76. The summed E-state index contributed by atoms with van der Waals surface area (Å²) in [4.78, 5) is 14.1. The lowest BCUT2D eigenvalue weighted by Gasteiger charge is -2.19. The van der Waals surface area contributed by atoms with E-state index in [4.69, 9.17) is 11.6 Å². The number of amides is 1. The Bertz CT molecular complexity index is 553. The zero-order valence-electron chi connectivity index (χ0n) is 11.5. The quantitative estimate of drug-likeness (QED) is 0.768. The molecule has 2 rings (SSSR count). The summed E-state index contributed by atoms with van der Waals surface area (Å²) in [7, 11) is 0. The summed E-state index contributed by atoms with van der Waals surface area (Å²) in [5.74, 6) is 0.562. The van der Waals surface area contributed by atoms with Gasteiger partial charge in [0, 0.05) is 25.2 Å². The molecule has 0 saturated carbocycles. The van der Waals surface area contributed by atoms with Crippen molar-refractivity contribution in [1.29, 1.82) is 0 Å². The first-order valence-electron chi connectivity index (χ1n) is 6.71. The summed E-state index contributed by atoms with van der Waals surface area (Å²) >= 11 is 5.68. The van der Waals surface area contributed by atoms with Crippen molar-refractivity contribution in [2.24, 2.45) is 0 Å². The molecule has 0 unspecified atom stereocenters. The smallest absolute Gasteiger partial charge is 0.257 e. The maximum atomic E-state index is 12.4. The van der Waals surface area contributed by atoms with Crippen LogP contribution in [-0.4, -0.2) is 39.6 Å². The van der Waals surface area contributed by atoms with Crippen LogP contribution < -0.4 is 0 Å². The molecule has 0 bridgehead atoms. The minimum absolute atomic E-state index is 0.000187. The van der Waals surface area contributed by atoms with Gasteiger partial charge in [0.2, 0.25) is 0 Å². The average Bonchev–Trinajstić information content (AvgIpc) is 2.98. The third-order valence-corrected chi connectivity index (χ3v) is 3.35. The first kappa shape index (κ1) is 14.6. The topological polar surface area (TPSA) is 38.1 Å². The summed E-state index contributed by atoms with van der Waals surface area (Å²) in [6.45, 7) is 3.31. The molecule has 1 aromatic heterocycles. The number of hydrogen-bond donors (Lipinski definition) is 0. The minimum atomic E-state index is -0.000187. The Kier molecular flexibility index (Phi) is 5.18. The highest BCUT2D eigenvalue weighted by atomic mass is 35.5. The molecule has 4 nitrogen and oxygen atoms in total. The van der Waals surface area contributed by atoms with Crippen LogP contribution in [0.2, 0.25) is 0 Å². The number of rotatable bonds is 6. The van der Waals surface area contributed by atoms with Crippen LogP contribution >= 0.6 is 11.6 Å². The number of aromatic nitrogens is 2. The lowest BCUT2D eigenvalue weighted by atomic mass is 10.3. The molecular weight excluding hydrogens is 274 g/mol. The number of carbonyl (C=O) groups excluding carboxylic acids is 1. The van der Waals surface area contributed by atoms with E-state index in [1.807, 2.05) is 37.3 Å². The van der Waals surface area contributed by atoms with Gasteiger partial charge in [0.25, 0.3) is 5.91 Å². The molecular formula is C15H18ClN3O. The highest BCUT2D eigenvalue weighted by molar-refractivity contribution is 6.17. The van der Waals surface area contributed by atoms with Gasteiger partial charge in [-0.3, -0.25) is 4.79 Å². The third-order valence-electron chi connectivity index (χ3n) is 3.08. The van der Waals surface area contributed by atoms with E-state index in [0.717, 1.165) is 12.1 Å². The van der Waals surface area contributed by atoms with Gasteiger partial charge >= 0.3 is 0 Å². The van der Waals surface area contributed by atoms with Crippen LogP contribution in [0, 0.1) is 0 Å². The number of carbonyl (C=O) groups is 1. The normalized spacial score (nSPS) is 10.5. The van der Waals surface area contributed by atoms with Gasteiger partial charge in [-0.25, -0.2) is 4.68 Å². The second-order valence-electron chi connectivity index (χ2n) is 4.44. The van der Waals surface area contributed by atoms with E-state index < -0.39 is 0 Å². The van der Waals surface area contributed by atoms with Gasteiger partial charge in [0.1, 0.15) is 0 Å². The van der Waals surface area contributed by atoms with E-state index in [0.29, 0.717) is 24.5 Å². The highest BCUT2D eigenvalue weighted by Crippen LogP contribution is 2.10. The van der Waals surface area contributed by atoms with Crippen molar-refractivity contribution in [1.82, 2.24) is 14.7 Å². The van der Waals surface area contributed by atoms with Gasteiger partial charge in [-0.1, -0.05) is 18.2 Å². The number of para-hydroxylation sites is 1. The number of nitrogens with zero attached hydrogens (tertiary/aromatic N) is 3. The standard InChI is InChI=1S/C15H18ClN3O/c1-2-18(10-6-9-16)15(20)13-11-17-19(12-13)14-7-4-3-5-8-14/h3-5,7-8,11-12H,2,6,9-10H2,1H3. The molecule has 1 heterocycles. The Balaban J connectivity index is 2.13. The van der Waals surface area contributed by atoms with E-state index in [-0.39, 0.29) is 5.91 Å². The molecule has 0 N–H and O–H groups in total. The van der Waals surface area contributed by atoms with Crippen LogP contribution in [0.25, 0.3) is 5.69 Å². The van der Waals surface area contributed by atoms with Crippen molar-refractivity contribution in [2.75, 3.05) is 19.0 Å². The largest absolute Gasteiger partial charge is 0.339 e. The Hall–Kier alpha value is -1.81. The van der Waals surface area contributed by atoms with E-state index in [1.165, 1.54) is 0 Å². The van der Waals surface area contributed by atoms with E-state index in [2.05, 4.69) is 5.10 Å². The average molecular weight is 292 g/mol.